The van der Waals surface area contributed by atoms with Gasteiger partial charge in [0.05, 0.1) is 23.5 Å². The largest absolute Gasteiger partial charge is 0.444 e. The number of aromatic nitrogens is 2. The molecule has 0 spiro atoms. The van der Waals surface area contributed by atoms with Crippen molar-refractivity contribution in [2.24, 2.45) is 17.8 Å². The quantitative estimate of drug-likeness (QED) is 0.438. The maximum atomic E-state index is 13.5. The van der Waals surface area contributed by atoms with Gasteiger partial charge in [-0.3, -0.25) is 14.5 Å². The number of benzene rings is 1. The Bertz CT molecular complexity index is 1340. The van der Waals surface area contributed by atoms with Crippen molar-refractivity contribution in [3.8, 4) is 0 Å². The Kier molecular flexibility index (Phi) is 9.56. The number of rotatable bonds is 8. The minimum absolute atomic E-state index is 0.0291. The Labute approximate surface area is 259 Å². The molecule has 232 valence electrons. The summed E-state index contributed by atoms with van der Waals surface area (Å²) in [5.41, 5.74) is 3.72. The van der Waals surface area contributed by atoms with Crippen LogP contribution in [0.25, 0.3) is 0 Å². The molecular formula is C32H43ClN6O4. The van der Waals surface area contributed by atoms with Crippen molar-refractivity contribution in [3.63, 3.8) is 0 Å². The summed E-state index contributed by atoms with van der Waals surface area (Å²) < 4.78 is 5.92. The van der Waals surface area contributed by atoms with Crippen molar-refractivity contribution >= 4 is 35.2 Å². The molecule has 4 heterocycles. The summed E-state index contributed by atoms with van der Waals surface area (Å²) in [5, 5.41) is 0.601. The number of amides is 3. The zero-order valence-corrected chi connectivity index (χ0v) is 26.6. The van der Waals surface area contributed by atoms with Crippen molar-refractivity contribution in [2.75, 3.05) is 57.3 Å². The predicted octanol–water partition coefficient (Wildman–Crippen LogP) is 4.35. The first kappa shape index (κ1) is 31.2. The highest BCUT2D eigenvalue weighted by molar-refractivity contribution is 6.31. The zero-order valence-electron chi connectivity index (χ0n) is 25.9. The average molecular weight is 611 g/mol. The Morgan fingerprint density at radius 2 is 1.67 bits per heavy atom. The van der Waals surface area contributed by atoms with Crippen LogP contribution in [0.4, 0.5) is 10.5 Å². The first-order valence-electron chi connectivity index (χ1n) is 15.3. The monoisotopic (exact) mass is 610 g/mol. The van der Waals surface area contributed by atoms with Gasteiger partial charge in [-0.25, -0.2) is 14.8 Å². The van der Waals surface area contributed by atoms with Crippen LogP contribution in [-0.2, 0) is 9.53 Å². The van der Waals surface area contributed by atoms with Crippen molar-refractivity contribution < 1.29 is 19.1 Å². The molecule has 3 amide bonds. The number of nitrogens with zero attached hydrogens (tertiary/aromatic N) is 6. The molecule has 0 N–H and O–H groups in total. The molecule has 0 bridgehead atoms. The molecule has 3 fully saturated rings. The molecule has 1 aromatic carbocycles. The van der Waals surface area contributed by atoms with Gasteiger partial charge in [0.15, 0.2) is 0 Å². The topological polar surface area (TPSA) is 99.2 Å². The Morgan fingerprint density at radius 3 is 2.30 bits per heavy atom. The van der Waals surface area contributed by atoms with Crippen molar-refractivity contribution in [3.05, 3.63) is 52.1 Å². The molecule has 3 unspecified atom stereocenters. The van der Waals surface area contributed by atoms with Crippen LogP contribution in [0, 0.1) is 38.5 Å². The molecule has 1 aromatic heterocycles. The summed E-state index contributed by atoms with van der Waals surface area (Å²) in [6, 6.07) is 5.63. The normalized spacial score (nSPS) is 21.9. The van der Waals surface area contributed by atoms with Gasteiger partial charge in [-0.1, -0.05) is 31.5 Å². The lowest BCUT2D eigenvalue weighted by Crippen LogP contribution is -2.39. The molecule has 3 atom stereocenters. The fourth-order valence-electron chi connectivity index (χ4n) is 6.62. The van der Waals surface area contributed by atoms with Gasteiger partial charge < -0.3 is 19.4 Å². The Morgan fingerprint density at radius 1 is 1.00 bits per heavy atom. The van der Waals surface area contributed by atoms with E-state index in [9.17, 15) is 14.4 Å². The fourth-order valence-corrected chi connectivity index (χ4v) is 6.80. The highest BCUT2D eigenvalue weighted by Crippen LogP contribution is 2.33. The standard InChI is InChI=1S/C32H43ClN6O4/c1-20(2)30(40)37-12-9-27(18-37)43-32(42)39(26-8-7-21(3)28(33)13-26)11-6-10-36-14-24-16-38(17-25(24)15-36)31(41)29-22(4)34-19-35-23(29)5/h7-8,13,19-20,24-25,27H,6,9-12,14-18H2,1-5H3. The number of hydrogen-bond acceptors (Lipinski definition) is 7. The molecule has 3 aliphatic rings. The van der Waals surface area contributed by atoms with E-state index in [1.54, 1.807) is 9.80 Å². The first-order chi connectivity index (χ1) is 20.5. The van der Waals surface area contributed by atoms with E-state index in [2.05, 4.69) is 14.9 Å². The van der Waals surface area contributed by atoms with E-state index in [1.165, 1.54) is 6.33 Å². The second-order valence-electron chi connectivity index (χ2n) is 12.6. The summed E-state index contributed by atoms with van der Waals surface area (Å²) in [4.78, 5) is 55.4. The van der Waals surface area contributed by atoms with Crippen LogP contribution in [-0.4, -0.2) is 101 Å². The lowest BCUT2D eigenvalue weighted by Gasteiger charge is -2.26. The van der Waals surface area contributed by atoms with Gasteiger partial charge in [-0.15, -0.1) is 0 Å². The molecule has 3 saturated heterocycles. The van der Waals surface area contributed by atoms with Crippen LogP contribution in [0.2, 0.25) is 5.02 Å². The SMILES string of the molecule is Cc1ccc(N(CCCN2CC3CN(C(=O)c4c(C)ncnc4C)CC3C2)C(=O)OC2CCN(C(=O)C(C)C)C2)cc1Cl. The van der Waals surface area contributed by atoms with E-state index in [0.717, 1.165) is 56.1 Å². The molecule has 0 saturated carbocycles. The first-order valence-corrected chi connectivity index (χ1v) is 15.7. The van der Waals surface area contributed by atoms with Crippen LogP contribution in [0.5, 0.6) is 0 Å². The number of hydrogen-bond donors (Lipinski definition) is 0. The summed E-state index contributed by atoms with van der Waals surface area (Å²) in [5.74, 6) is 0.903. The third kappa shape index (κ3) is 6.96. The van der Waals surface area contributed by atoms with Gasteiger partial charge in [-0.2, -0.15) is 0 Å². The number of carbonyl (C=O) groups excluding carboxylic acids is 3. The Balaban J connectivity index is 1.16. The molecule has 2 aromatic rings. The van der Waals surface area contributed by atoms with Crippen molar-refractivity contribution in [1.29, 1.82) is 0 Å². The number of halogens is 1. The summed E-state index contributed by atoms with van der Waals surface area (Å²) in [6.07, 6.45) is 2.18. The smallest absolute Gasteiger partial charge is 0.414 e. The van der Waals surface area contributed by atoms with Crippen LogP contribution < -0.4 is 4.90 Å². The van der Waals surface area contributed by atoms with E-state index in [0.29, 0.717) is 54.2 Å². The molecule has 43 heavy (non-hydrogen) atoms. The number of carbonyl (C=O) groups is 3. The second kappa shape index (κ2) is 13.2. The summed E-state index contributed by atoms with van der Waals surface area (Å²) in [7, 11) is 0. The number of likely N-dealkylation sites (tertiary alicyclic amines) is 3. The van der Waals surface area contributed by atoms with Crippen molar-refractivity contribution in [1.82, 2.24) is 24.7 Å². The predicted molar refractivity (Wildman–Crippen MR) is 165 cm³/mol. The van der Waals surface area contributed by atoms with Gasteiger partial charge in [0.1, 0.15) is 12.4 Å². The highest BCUT2D eigenvalue weighted by atomic mass is 35.5. The minimum atomic E-state index is -0.410. The Hall–Kier alpha value is -3.24. The van der Waals surface area contributed by atoms with E-state index >= 15 is 0 Å². The third-order valence-electron chi connectivity index (χ3n) is 9.05. The molecule has 3 aliphatic heterocycles. The summed E-state index contributed by atoms with van der Waals surface area (Å²) in [6.45, 7) is 15.1. The number of aryl methyl sites for hydroxylation is 3. The highest BCUT2D eigenvalue weighted by Gasteiger charge is 2.42. The molecule has 11 heteroatoms. The lowest BCUT2D eigenvalue weighted by molar-refractivity contribution is -0.133. The second-order valence-corrected chi connectivity index (χ2v) is 13.0. The van der Waals surface area contributed by atoms with Gasteiger partial charge in [0, 0.05) is 62.3 Å². The van der Waals surface area contributed by atoms with Gasteiger partial charge in [-0.05, 0) is 63.3 Å². The number of fused-ring (bicyclic) bond motifs is 1. The molecule has 0 radical (unpaired) electrons. The van der Waals surface area contributed by atoms with E-state index < -0.39 is 6.09 Å². The maximum absolute atomic E-state index is 13.5. The van der Waals surface area contributed by atoms with Crippen LogP contribution in [0.15, 0.2) is 24.5 Å². The maximum Gasteiger partial charge on any atom is 0.414 e. The van der Waals surface area contributed by atoms with E-state index in [-0.39, 0.29) is 23.8 Å². The molecule has 10 nitrogen and oxygen atoms in total. The van der Waals surface area contributed by atoms with Gasteiger partial charge in [0.2, 0.25) is 5.91 Å². The van der Waals surface area contributed by atoms with Gasteiger partial charge in [0.25, 0.3) is 5.91 Å². The van der Waals surface area contributed by atoms with Crippen LogP contribution in [0.1, 0.15) is 54.0 Å². The van der Waals surface area contributed by atoms with Crippen LogP contribution in [0.3, 0.4) is 0 Å². The lowest BCUT2D eigenvalue weighted by atomic mass is 10.0. The van der Waals surface area contributed by atoms with E-state index in [1.807, 2.05) is 57.7 Å². The van der Waals surface area contributed by atoms with E-state index in [4.69, 9.17) is 16.3 Å². The molecule has 5 rings (SSSR count). The summed E-state index contributed by atoms with van der Waals surface area (Å²) >= 11 is 6.43. The zero-order chi connectivity index (χ0) is 30.8. The fraction of sp³-hybridized carbons (Fsp3) is 0.594. The third-order valence-corrected chi connectivity index (χ3v) is 9.46. The number of ether oxygens (including phenoxy) is 1. The minimum Gasteiger partial charge on any atom is -0.444 e. The number of anilines is 1. The van der Waals surface area contributed by atoms with Gasteiger partial charge >= 0.3 is 6.09 Å². The average Bonchev–Trinajstić information content (AvgIpc) is 3.67. The van der Waals surface area contributed by atoms with Crippen LogP contribution >= 0.6 is 11.6 Å². The van der Waals surface area contributed by atoms with Crippen molar-refractivity contribution in [2.45, 2.75) is 53.6 Å². The molecular weight excluding hydrogens is 568 g/mol. The molecule has 0 aliphatic carbocycles.